The highest BCUT2D eigenvalue weighted by molar-refractivity contribution is 7.91. The van der Waals surface area contributed by atoms with E-state index in [0.717, 1.165) is 24.0 Å². The number of anilines is 1. The molecule has 4 rings (SSSR count). The first-order chi connectivity index (χ1) is 11.5. The topological polar surface area (TPSA) is 76.1 Å². The van der Waals surface area contributed by atoms with Crippen LogP contribution in [0, 0.1) is 17.8 Å². The van der Waals surface area contributed by atoms with Gasteiger partial charge in [-0.2, -0.15) is 0 Å². The maximum Gasteiger partial charge on any atom is 0.226 e. The Labute approximate surface area is 147 Å². The Balaban J connectivity index is 1.33. The van der Waals surface area contributed by atoms with Gasteiger partial charge in [0.05, 0.1) is 17.2 Å². The minimum absolute atomic E-state index is 0.0475. The molecule has 1 N–H and O–H groups in total. The quantitative estimate of drug-likeness (QED) is 0.885. The van der Waals surface area contributed by atoms with Gasteiger partial charge in [-0.3, -0.25) is 4.79 Å². The summed E-state index contributed by atoms with van der Waals surface area (Å²) in [6.07, 6.45) is 7.07. The third-order valence-electron chi connectivity index (χ3n) is 5.92. The van der Waals surface area contributed by atoms with Crippen LogP contribution in [0.1, 0.15) is 56.6 Å². The normalized spacial score (nSPS) is 34.3. The summed E-state index contributed by atoms with van der Waals surface area (Å²) in [5, 5.41) is 5.63. The minimum Gasteiger partial charge on any atom is -0.302 e. The Hall–Kier alpha value is -0.950. The molecular formula is C17H24N2O3S2. The molecule has 7 heteroatoms. The van der Waals surface area contributed by atoms with Gasteiger partial charge in [-0.05, 0) is 49.9 Å². The zero-order valence-electron chi connectivity index (χ0n) is 13.7. The van der Waals surface area contributed by atoms with Crippen LogP contribution in [-0.4, -0.2) is 30.8 Å². The summed E-state index contributed by atoms with van der Waals surface area (Å²) in [7, 11) is -2.96. The van der Waals surface area contributed by atoms with Crippen molar-refractivity contribution in [2.45, 2.75) is 50.9 Å². The van der Waals surface area contributed by atoms with E-state index in [1.807, 2.05) is 0 Å². The molecule has 3 aliphatic rings. The van der Waals surface area contributed by atoms with Crippen LogP contribution < -0.4 is 5.32 Å². The third-order valence-corrected chi connectivity index (χ3v) is 8.58. The second-order valence-electron chi connectivity index (χ2n) is 7.73. The van der Waals surface area contributed by atoms with E-state index >= 15 is 0 Å². The molecule has 24 heavy (non-hydrogen) atoms. The van der Waals surface area contributed by atoms with Crippen LogP contribution in [0.5, 0.6) is 0 Å². The Morgan fingerprint density at radius 1 is 1.29 bits per heavy atom. The van der Waals surface area contributed by atoms with E-state index in [9.17, 15) is 13.2 Å². The highest BCUT2D eigenvalue weighted by Crippen LogP contribution is 2.52. The van der Waals surface area contributed by atoms with E-state index in [1.165, 1.54) is 37.0 Å². The van der Waals surface area contributed by atoms with E-state index in [1.54, 1.807) is 0 Å². The number of thiazole rings is 1. The molecule has 0 radical (unpaired) electrons. The number of fused-ring (bicyclic) bond motifs is 2. The molecular weight excluding hydrogens is 344 g/mol. The van der Waals surface area contributed by atoms with Gasteiger partial charge in [-0.15, -0.1) is 11.3 Å². The minimum atomic E-state index is -2.96. The number of carbonyl (C=O) groups excluding carboxylic acids is 1. The number of nitrogens with zero attached hydrogens (tertiary/aromatic N) is 1. The molecule has 0 spiro atoms. The third kappa shape index (κ3) is 3.52. The number of sulfone groups is 1. The number of aromatic nitrogens is 1. The van der Waals surface area contributed by atoms with Crippen LogP contribution in [0.15, 0.2) is 5.38 Å². The lowest BCUT2D eigenvalue weighted by atomic mass is 9.87. The summed E-state index contributed by atoms with van der Waals surface area (Å²) in [5.74, 6) is 2.51. The van der Waals surface area contributed by atoms with Gasteiger partial charge >= 0.3 is 0 Å². The summed E-state index contributed by atoms with van der Waals surface area (Å²) in [4.78, 5) is 16.9. The Kier molecular flexibility index (Phi) is 4.41. The van der Waals surface area contributed by atoms with Crippen molar-refractivity contribution in [2.75, 3.05) is 16.8 Å². The first kappa shape index (κ1) is 16.5. The fourth-order valence-corrected chi connectivity index (χ4v) is 7.40. The van der Waals surface area contributed by atoms with Gasteiger partial charge in [0.1, 0.15) is 0 Å². The number of hydrogen-bond donors (Lipinski definition) is 1. The van der Waals surface area contributed by atoms with Gasteiger partial charge < -0.3 is 5.32 Å². The lowest BCUT2D eigenvalue weighted by molar-refractivity contribution is -0.117. The average Bonchev–Trinajstić information content (AvgIpc) is 3.21. The second kappa shape index (κ2) is 6.41. The van der Waals surface area contributed by atoms with Crippen LogP contribution in [0.2, 0.25) is 0 Å². The maximum absolute atomic E-state index is 12.2. The average molecular weight is 369 g/mol. The molecule has 132 valence electrons. The largest absolute Gasteiger partial charge is 0.302 e. The lowest BCUT2D eigenvalue weighted by Crippen LogP contribution is -2.28. The van der Waals surface area contributed by atoms with Crippen molar-refractivity contribution in [2.24, 2.45) is 17.8 Å². The molecule has 1 aromatic rings. The molecule has 4 atom stereocenters. The fourth-order valence-electron chi connectivity index (χ4n) is 4.83. The predicted molar refractivity (Wildman–Crippen MR) is 94.9 cm³/mol. The van der Waals surface area contributed by atoms with Crippen LogP contribution in [-0.2, 0) is 14.6 Å². The highest BCUT2D eigenvalue weighted by Gasteiger charge is 2.41. The number of nitrogens with one attached hydrogen (secondary N) is 1. The Bertz CT molecular complexity index is 728. The molecule has 2 bridgehead atoms. The SMILES string of the molecule is O=C(C[C@@H]1CCCS(=O)(=O)C1)Nc1nc([C@@H]2C[C@H]3CC[C@H]2C3)cs1. The Morgan fingerprint density at radius 2 is 2.17 bits per heavy atom. The highest BCUT2D eigenvalue weighted by atomic mass is 32.2. The van der Waals surface area contributed by atoms with Crippen LogP contribution in [0.25, 0.3) is 0 Å². The molecule has 3 fully saturated rings. The molecule has 1 aliphatic heterocycles. The first-order valence-electron chi connectivity index (χ1n) is 8.94. The van der Waals surface area contributed by atoms with Crippen molar-refractivity contribution < 1.29 is 13.2 Å². The van der Waals surface area contributed by atoms with Crippen molar-refractivity contribution in [3.8, 4) is 0 Å². The summed E-state index contributed by atoms with van der Waals surface area (Å²) in [6.45, 7) is 0. The zero-order valence-corrected chi connectivity index (χ0v) is 15.4. The van der Waals surface area contributed by atoms with E-state index in [-0.39, 0.29) is 29.8 Å². The smallest absolute Gasteiger partial charge is 0.226 e. The predicted octanol–water partition coefficient (Wildman–Crippen LogP) is 3.20. The second-order valence-corrected chi connectivity index (χ2v) is 10.8. The van der Waals surface area contributed by atoms with Crippen molar-refractivity contribution in [1.29, 1.82) is 0 Å². The van der Waals surface area contributed by atoms with E-state index in [0.29, 0.717) is 17.5 Å². The summed E-state index contributed by atoms with van der Waals surface area (Å²) >= 11 is 1.49. The van der Waals surface area contributed by atoms with Crippen LogP contribution >= 0.6 is 11.3 Å². The zero-order chi connectivity index (χ0) is 16.7. The molecule has 5 nitrogen and oxygen atoms in total. The van der Waals surface area contributed by atoms with Gasteiger partial charge in [0, 0.05) is 17.7 Å². The monoisotopic (exact) mass is 368 g/mol. The van der Waals surface area contributed by atoms with Crippen molar-refractivity contribution >= 4 is 32.2 Å². The number of rotatable bonds is 4. The van der Waals surface area contributed by atoms with Gasteiger partial charge in [0.2, 0.25) is 5.91 Å². The summed E-state index contributed by atoms with van der Waals surface area (Å²) in [6, 6.07) is 0. The molecule has 1 amide bonds. The van der Waals surface area contributed by atoms with Crippen molar-refractivity contribution in [3.05, 3.63) is 11.1 Å². The van der Waals surface area contributed by atoms with Gasteiger partial charge in [0.15, 0.2) is 15.0 Å². The molecule has 0 unspecified atom stereocenters. The van der Waals surface area contributed by atoms with Gasteiger partial charge in [-0.25, -0.2) is 13.4 Å². The van der Waals surface area contributed by atoms with Gasteiger partial charge in [-0.1, -0.05) is 6.42 Å². The number of carbonyl (C=O) groups is 1. The lowest BCUT2D eigenvalue weighted by Gasteiger charge is -2.21. The molecule has 2 saturated carbocycles. The number of amides is 1. The summed E-state index contributed by atoms with van der Waals surface area (Å²) in [5.41, 5.74) is 1.14. The number of hydrogen-bond acceptors (Lipinski definition) is 5. The fraction of sp³-hybridized carbons (Fsp3) is 0.765. The molecule has 2 aliphatic carbocycles. The molecule has 1 saturated heterocycles. The molecule has 2 heterocycles. The standard InChI is InChI=1S/C17H24N2O3S2/c20-16(8-12-2-1-5-24(21,22)10-12)19-17-18-15(9-23-17)14-7-11-3-4-13(14)6-11/h9,11-14H,1-8,10H2,(H,18,19,20)/t11-,12-,13-,14+/m0/s1. The first-order valence-corrected chi connectivity index (χ1v) is 11.6. The van der Waals surface area contributed by atoms with E-state index < -0.39 is 9.84 Å². The van der Waals surface area contributed by atoms with E-state index in [4.69, 9.17) is 0 Å². The van der Waals surface area contributed by atoms with E-state index in [2.05, 4.69) is 15.7 Å². The summed E-state index contributed by atoms with van der Waals surface area (Å²) < 4.78 is 23.3. The van der Waals surface area contributed by atoms with Crippen molar-refractivity contribution in [3.63, 3.8) is 0 Å². The Morgan fingerprint density at radius 3 is 2.88 bits per heavy atom. The van der Waals surface area contributed by atoms with Crippen LogP contribution in [0.4, 0.5) is 5.13 Å². The van der Waals surface area contributed by atoms with Gasteiger partial charge in [0.25, 0.3) is 0 Å². The molecule has 1 aromatic heterocycles. The molecule has 0 aromatic carbocycles. The maximum atomic E-state index is 12.2. The van der Waals surface area contributed by atoms with Crippen LogP contribution in [0.3, 0.4) is 0 Å². The van der Waals surface area contributed by atoms with Crippen molar-refractivity contribution in [1.82, 2.24) is 4.98 Å².